The van der Waals surface area contributed by atoms with Crippen LogP contribution in [-0.4, -0.2) is 23.5 Å². The lowest BCUT2D eigenvalue weighted by atomic mass is 9.97. The highest BCUT2D eigenvalue weighted by Crippen LogP contribution is 2.24. The van der Waals surface area contributed by atoms with E-state index in [-0.39, 0.29) is 11.5 Å². The van der Waals surface area contributed by atoms with Crippen molar-refractivity contribution in [2.45, 2.75) is 40.2 Å². The Morgan fingerprint density at radius 3 is 2.11 bits per heavy atom. The van der Waals surface area contributed by atoms with Crippen molar-refractivity contribution >= 4 is 0 Å². The molecular weight excluding hydrogens is 232 g/mol. The second-order valence-corrected chi connectivity index (χ2v) is 5.57. The van der Waals surface area contributed by atoms with E-state index in [0.717, 1.165) is 12.6 Å². The molecule has 0 bridgehead atoms. The molecule has 1 nitrogen and oxygen atoms in total. The van der Waals surface area contributed by atoms with Crippen LogP contribution in [0.4, 0.5) is 8.78 Å². The summed E-state index contributed by atoms with van der Waals surface area (Å²) in [6.07, 6.45) is 0.784. The summed E-state index contributed by atoms with van der Waals surface area (Å²) in [4.78, 5) is 2.24. The molecule has 1 atom stereocenters. The van der Waals surface area contributed by atoms with Gasteiger partial charge in [0.2, 0.25) is 0 Å². The van der Waals surface area contributed by atoms with Gasteiger partial charge < -0.3 is 0 Å². The van der Waals surface area contributed by atoms with E-state index >= 15 is 0 Å². The van der Waals surface area contributed by atoms with E-state index in [9.17, 15) is 8.78 Å². The van der Waals surface area contributed by atoms with Gasteiger partial charge in [-0.2, -0.15) is 0 Å². The lowest BCUT2D eigenvalue weighted by Crippen LogP contribution is -2.43. The first-order chi connectivity index (χ1) is 8.09. The monoisotopic (exact) mass is 257 g/mol. The molecule has 0 rings (SSSR count). The van der Waals surface area contributed by atoms with Crippen LogP contribution in [0.25, 0.3) is 0 Å². The van der Waals surface area contributed by atoms with E-state index in [1.54, 1.807) is 0 Å². The van der Waals surface area contributed by atoms with Crippen molar-refractivity contribution in [1.82, 2.24) is 4.90 Å². The van der Waals surface area contributed by atoms with Gasteiger partial charge in [0, 0.05) is 18.2 Å². The summed E-state index contributed by atoms with van der Waals surface area (Å²) in [5.74, 6) is -1.48. The Balaban J connectivity index is 4.72. The zero-order chi connectivity index (χ0) is 14.5. The fourth-order valence-corrected chi connectivity index (χ4v) is 1.78. The normalized spacial score (nSPS) is 14.8. The van der Waals surface area contributed by atoms with Crippen molar-refractivity contribution < 1.29 is 8.78 Å². The molecule has 0 aromatic carbocycles. The van der Waals surface area contributed by atoms with Gasteiger partial charge in [-0.15, -0.1) is 0 Å². The van der Waals surface area contributed by atoms with Gasteiger partial charge in [-0.1, -0.05) is 27.0 Å². The number of nitrogens with zero attached hydrogens (tertiary/aromatic N) is 1. The first-order valence-electron chi connectivity index (χ1n) is 6.25. The number of hydrogen-bond acceptors (Lipinski definition) is 1. The Labute approximate surface area is 110 Å². The van der Waals surface area contributed by atoms with Crippen LogP contribution in [0.3, 0.4) is 0 Å². The second-order valence-electron chi connectivity index (χ2n) is 5.57. The standard InChI is InChI=1S/C15H25F2N/c1-8-18(15(5,6)7)10-11(2)13(4)14(17)9-12(3)16/h9,11H,3-4,8,10H2,1-2,5-7H3/b14-9+. The lowest BCUT2D eigenvalue weighted by Gasteiger charge is -2.36. The Bertz CT molecular complexity index is 337. The molecule has 0 aliphatic heterocycles. The molecule has 0 aromatic rings. The molecule has 3 heteroatoms. The van der Waals surface area contributed by atoms with Gasteiger partial charge in [0.1, 0.15) is 11.7 Å². The highest BCUT2D eigenvalue weighted by molar-refractivity contribution is 5.29. The SMILES string of the molecule is C=C(F)/C=C(/F)C(=C)C(C)CN(CC)C(C)(C)C. The molecule has 0 saturated heterocycles. The van der Waals surface area contributed by atoms with Crippen LogP contribution in [-0.2, 0) is 0 Å². The van der Waals surface area contributed by atoms with Crippen molar-refractivity contribution in [2.75, 3.05) is 13.1 Å². The molecule has 18 heavy (non-hydrogen) atoms. The van der Waals surface area contributed by atoms with Crippen molar-refractivity contribution in [2.24, 2.45) is 5.92 Å². The maximum atomic E-state index is 13.6. The molecule has 0 aliphatic carbocycles. The first-order valence-corrected chi connectivity index (χ1v) is 6.25. The summed E-state index contributed by atoms with van der Waals surface area (Å²) in [5.41, 5.74) is 0.337. The van der Waals surface area contributed by atoms with Gasteiger partial charge in [-0.25, -0.2) is 8.78 Å². The van der Waals surface area contributed by atoms with E-state index in [2.05, 4.69) is 45.8 Å². The van der Waals surface area contributed by atoms with Crippen LogP contribution in [0.15, 0.2) is 36.5 Å². The van der Waals surface area contributed by atoms with E-state index in [1.165, 1.54) is 0 Å². The largest absolute Gasteiger partial charge is 0.298 e. The lowest BCUT2D eigenvalue weighted by molar-refractivity contribution is 0.131. The van der Waals surface area contributed by atoms with Gasteiger partial charge >= 0.3 is 0 Å². The average Bonchev–Trinajstić information content (AvgIpc) is 2.21. The van der Waals surface area contributed by atoms with Crippen molar-refractivity contribution in [3.05, 3.63) is 36.5 Å². The maximum absolute atomic E-state index is 13.6. The van der Waals surface area contributed by atoms with Crippen LogP contribution in [0.1, 0.15) is 34.6 Å². The molecule has 0 spiro atoms. The summed E-state index contributed by atoms with van der Waals surface area (Å²) in [5, 5.41) is 0. The smallest absolute Gasteiger partial charge is 0.129 e. The van der Waals surface area contributed by atoms with Gasteiger partial charge in [-0.05, 0) is 38.8 Å². The summed E-state index contributed by atoms with van der Waals surface area (Å²) in [7, 11) is 0. The molecular formula is C15H25F2N. The third-order valence-electron chi connectivity index (χ3n) is 3.01. The van der Waals surface area contributed by atoms with Gasteiger partial charge in [-0.3, -0.25) is 4.90 Å². The fourth-order valence-electron chi connectivity index (χ4n) is 1.78. The molecule has 0 aromatic heterocycles. The summed E-state index contributed by atoms with van der Waals surface area (Å²) in [6, 6.07) is 0. The van der Waals surface area contributed by atoms with Gasteiger partial charge in [0.05, 0.1) is 0 Å². The van der Waals surface area contributed by atoms with E-state index in [1.807, 2.05) is 6.92 Å². The Morgan fingerprint density at radius 2 is 1.78 bits per heavy atom. The van der Waals surface area contributed by atoms with Crippen molar-refractivity contribution in [3.8, 4) is 0 Å². The summed E-state index contributed by atoms with van der Waals surface area (Å²) >= 11 is 0. The van der Waals surface area contributed by atoms with Crippen LogP contribution < -0.4 is 0 Å². The topological polar surface area (TPSA) is 3.24 Å². The Morgan fingerprint density at radius 1 is 1.28 bits per heavy atom. The third-order valence-corrected chi connectivity index (χ3v) is 3.01. The van der Waals surface area contributed by atoms with E-state index in [0.29, 0.717) is 12.1 Å². The van der Waals surface area contributed by atoms with E-state index in [4.69, 9.17) is 0 Å². The zero-order valence-electron chi connectivity index (χ0n) is 12.2. The fraction of sp³-hybridized carbons (Fsp3) is 0.600. The highest BCUT2D eigenvalue weighted by Gasteiger charge is 2.23. The predicted molar refractivity (Wildman–Crippen MR) is 74.7 cm³/mol. The summed E-state index contributed by atoms with van der Waals surface area (Å²) in [6.45, 7) is 18.6. The van der Waals surface area contributed by atoms with Gasteiger partial charge in [0.25, 0.3) is 0 Å². The van der Waals surface area contributed by atoms with Crippen LogP contribution in [0.2, 0.25) is 0 Å². The molecule has 1 unspecified atom stereocenters. The quantitative estimate of drug-likeness (QED) is 0.627. The zero-order valence-corrected chi connectivity index (χ0v) is 12.2. The Kier molecular flexibility index (Phi) is 6.47. The van der Waals surface area contributed by atoms with Crippen LogP contribution >= 0.6 is 0 Å². The minimum absolute atomic E-state index is 0.0210. The first kappa shape index (κ1) is 17.0. The number of rotatable bonds is 6. The van der Waals surface area contributed by atoms with E-state index < -0.39 is 11.7 Å². The molecule has 0 amide bonds. The van der Waals surface area contributed by atoms with Crippen molar-refractivity contribution in [3.63, 3.8) is 0 Å². The van der Waals surface area contributed by atoms with Crippen LogP contribution in [0, 0.1) is 5.92 Å². The summed E-state index contributed by atoms with van der Waals surface area (Å²) < 4.78 is 26.1. The average molecular weight is 257 g/mol. The molecule has 0 radical (unpaired) electrons. The molecule has 0 fully saturated rings. The molecule has 0 heterocycles. The minimum atomic E-state index is -0.788. The molecule has 104 valence electrons. The number of allylic oxidation sites excluding steroid dienone is 3. The minimum Gasteiger partial charge on any atom is -0.298 e. The third kappa shape index (κ3) is 5.58. The molecule has 0 N–H and O–H groups in total. The highest BCUT2D eigenvalue weighted by atomic mass is 19.1. The van der Waals surface area contributed by atoms with Gasteiger partial charge in [0.15, 0.2) is 0 Å². The number of hydrogen-bond donors (Lipinski definition) is 0. The predicted octanol–water partition coefficient (Wildman–Crippen LogP) is 4.64. The Hall–Kier alpha value is -0.960. The number of halogens is 2. The van der Waals surface area contributed by atoms with Crippen molar-refractivity contribution in [1.29, 1.82) is 0 Å². The maximum Gasteiger partial charge on any atom is 0.129 e. The van der Waals surface area contributed by atoms with Crippen LogP contribution in [0.5, 0.6) is 0 Å². The molecule has 0 saturated carbocycles. The molecule has 0 aliphatic rings. The second kappa shape index (κ2) is 6.83.